The van der Waals surface area contributed by atoms with Gasteiger partial charge in [-0.2, -0.15) is 13.2 Å². The number of halogens is 3. The van der Waals surface area contributed by atoms with E-state index in [-0.39, 0.29) is 37.7 Å². The fraction of sp³-hybridized carbons (Fsp3) is 0.389. The van der Waals surface area contributed by atoms with Crippen molar-refractivity contribution in [2.45, 2.75) is 19.7 Å². The van der Waals surface area contributed by atoms with Crippen LogP contribution in [0.3, 0.4) is 0 Å². The first kappa shape index (κ1) is 20.8. The van der Waals surface area contributed by atoms with E-state index in [1.807, 2.05) is 30.3 Å². The molecule has 0 amide bonds. The maximum absolute atomic E-state index is 12.1. The lowest BCUT2D eigenvalue weighted by Crippen LogP contribution is -2.19. The summed E-state index contributed by atoms with van der Waals surface area (Å²) in [6, 6.07) is 9.13. The van der Waals surface area contributed by atoms with Crippen LogP contribution in [0, 0.1) is 0 Å². The molecule has 0 fully saturated rings. The number of carbonyl (C=O) groups excluding carboxylic acids is 1. The standard InChI is InChI=1S/C18H19F3N2O4/c1-2-27-17(24)14-10-22-16(13-6-4-3-5-7-13)23-15(14)11-25-8-9-26-12-18(19,20)21/h3-7,10H,2,8-9,11-12H2,1H3. The van der Waals surface area contributed by atoms with Gasteiger partial charge in [0, 0.05) is 11.8 Å². The molecule has 0 spiro atoms. The molecule has 2 rings (SSSR count). The summed E-state index contributed by atoms with van der Waals surface area (Å²) < 4.78 is 50.8. The van der Waals surface area contributed by atoms with E-state index in [2.05, 4.69) is 14.7 Å². The Labute approximate surface area is 154 Å². The van der Waals surface area contributed by atoms with Crippen LogP contribution in [0.4, 0.5) is 13.2 Å². The molecule has 0 aliphatic heterocycles. The molecule has 0 saturated carbocycles. The molecule has 6 nitrogen and oxygen atoms in total. The first-order chi connectivity index (χ1) is 12.9. The van der Waals surface area contributed by atoms with E-state index >= 15 is 0 Å². The van der Waals surface area contributed by atoms with Crippen LogP contribution in [0.25, 0.3) is 11.4 Å². The summed E-state index contributed by atoms with van der Waals surface area (Å²) in [5, 5.41) is 0. The van der Waals surface area contributed by atoms with Gasteiger partial charge in [0.25, 0.3) is 0 Å². The molecule has 1 aromatic carbocycles. The number of benzene rings is 1. The second-order valence-corrected chi connectivity index (χ2v) is 5.36. The highest BCUT2D eigenvalue weighted by Gasteiger charge is 2.27. The van der Waals surface area contributed by atoms with Crippen molar-refractivity contribution < 1.29 is 32.2 Å². The topological polar surface area (TPSA) is 70.5 Å². The fourth-order valence-electron chi connectivity index (χ4n) is 2.11. The summed E-state index contributed by atoms with van der Waals surface area (Å²) in [6.07, 6.45) is -3.03. The van der Waals surface area contributed by atoms with E-state index in [0.29, 0.717) is 5.82 Å². The number of carbonyl (C=O) groups is 1. The summed E-state index contributed by atoms with van der Waals surface area (Å²) >= 11 is 0. The van der Waals surface area contributed by atoms with Crippen LogP contribution in [-0.4, -0.2) is 48.5 Å². The van der Waals surface area contributed by atoms with Gasteiger partial charge in [-0.25, -0.2) is 14.8 Å². The SMILES string of the molecule is CCOC(=O)c1cnc(-c2ccccc2)nc1COCCOCC(F)(F)F. The van der Waals surface area contributed by atoms with Crippen molar-refractivity contribution in [3.8, 4) is 11.4 Å². The minimum Gasteiger partial charge on any atom is -0.462 e. The van der Waals surface area contributed by atoms with Crippen molar-refractivity contribution in [1.29, 1.82) is 0 Å². The molecule has 0 bridgehead atoms. The molecule has 0 atom stereocenters. The number of aromatic nitrogens is 2. The summed E-state index contributed by atoms with van der Waals surface area (Å²) in [6.45, 7) is 0.117. The van der Waals surface area contributed by atoms with Gasteiger partial charge in [-0.05, 0) is 6.92 Å². The highest BCUT2D eigenvalue weighted by Crippen LogP contribution is 2.18. The predicted molar refractivity (Wildman–Crippen MR) is 90.0 cm³/mol. The number of alkyl halides is 3. The molecule has 1 aromatic heterocycles. The Balaban J connectivity index is 2.05. The highest BCUT2D eigenvalue weighted by molar-refractivity contribution is 5.90. The van der Waals surface area contributed by atoms with Crippen molar-refractivity contribution in [1.82, 2.24) is 9.97 Å². The molecule has 2 aromatic rings. The summed E-state index contributed by atoms with van der Waals surface area (Å²) in [5.41, 5.74) is 1.19. The van der Waals surface area contributed by atoms with Crippen molar-refractivity contribution in [2.24, 2.45) is 0 Å². The Morgan fingerprint density at radius 2 is 1.81 bits per heavy atom. The third-order valence-electron chi connectivity index (χ3n) is 3.27. The first-order valence-electron chi connectivity index (χ1n) is 8.21. The minimum absolute atomic E-state index is 0.0803. The number of esters is 1. The van der Waals surface area contributed by atoms with Crippen molar-refractivity contribution >= 4 is 5.97 Å². The van der Waals surface area contributed by atoms with E-state index in [1.165, 1.54) is 6.20 Å². The Kier molecular flexibility index (Phi) is 7.68. The molecule has 0 aliphatic carbocycles. The Hall–Kier alpha value is -2.52. The molecule has 0 N–H and O–H groups in total. The number of ether oxygens (including phenoxy) is 3. The van der Waals surface area contributed by atoms with Crippen LogP contribution in [0.5, 0.6) is 0 Å². The van der Waals surface area contributed by atoms with Gasteiger partial charge in [-0.1, -0.05) is 30.3 Å². The molecule has 0 radical (unpaired) electrons. The lowest BCUT2D eigenvalue weighted by atomic mass is 10.2. The van der Waals surface area contributed by atoms with Crippen LogP contribution in [0.15, 0.2) is 36.5 Å². The zero-order valence-electron chi connectivity index (χ0n) is 14.7. The molecule has 9 heteroatoms. The Bertz CT molecular complexity index is 739. The zero-order valence-corrected chi connectivity index (χ0v) is 14.7. The second-order valence-electron chi connectivity index (χ2n) is 5.36. The molecule has 1 heterocycles. The second kappa shape index (κ2) is 9.98. The number of hydrogen-bond donors (Lipinski definition) is 0. The normalized spacial score (nSPS) is 11.4. The Morgan fingerprint density at radius 3 is 2.48 bits per heavy atom. The average molecular weight is 384 g/mol. The van der Waals surface area contributed by atoms with Gasteiger partial charge < -0.3 is 14.2 Å². The quantitative estimate of drug-likeness (QED) is 0.487. The third kappa shape index (κ3) is 6.95. The molecular weight excluding hydrogens is 365 g/mol. The Morgan fingerprint density at radius 1 is 1.11 bits per heavy atom. The smallest absolute Gasteiger partial charge is 0.411 e. The van der Waals surface area contributed by atoms with Crippen LogP contribution < -0.4 is 0 Å². The average Bonchev–Trinajstić information content (AvgIpc) is 2.64. The van der Waals surface area contributed by atoms with Crippen molar-refractivity contribution in [3.63, 3.8) is 0 Å². The van der Waals surface area contributed by atoms with Gasteiger partial charge in [-0.3, -0.25) is 0 Å². The van der Waals surface area contributed by atoms with Gasteiger partial charge in [0.2, 0.25) is 0 Å². The fourth-order valence-corrected chi connectivity index (χ4v) is 2.11. The molecule has 0 aliphatic rings. The summed E-state index contributed by atoms with van der Waals surface area (Å²) in [4.78, 5) is 20.6. The van der Waals surface area contributed by atoms with Crippen LogP contribution in [-0.2, 0) is 20.8 Å². The van der Waals surface area contributed by atoms with E-state index in [9.17, 15) is 18.0 Å². The van der Waals surface area contributed by atoms with Crippen molar-refractivity contribution in [2.75, 3.05) is 26.4 Å². The monoisotopic (exact) mass is 384 g/mol. The lowest BCUT2D eigenvalue weighted by Gasteiger charge is -2.11. The zero-order chi connectivity index (χ0) is 19.7. The summed E-state index contributed by atoms with van der Waals surface area (Å²) in [5.74, 6) is -0.195. The van der Waals surface area contributed by atoms with Gasteiger partial charge in [0.05, 0.1) is 32.1 Å². The van der Waals surface area contributed by atoms with Crippen molar-refractivity contribution in [3.05, 3.63) is 47.8 Å². The van der Waals surface area contributed by atoms with Crippen LogP contribution >= 0.6 is 0 Å². The van der Waals surface area contributed by atoms with Gasteiger partial charge in [0.1, 0.15) is 12.2 Å². The highest BCUT2D eigenvalue weighted by atomic mass is 19.4. The van der Waals surface area contributed by atoms with Gasteiger partial charge in [-0.15, -0.1) is 0 Å². The van der Waals surface area contributed by atoms with E-state index < -0.39 is 18.8 Å². The number of hydrogen-bond acceptors (Lipinski definition) is 6. The largest absolute Gasteiger partial charge is 0.462 e. The minimum atomic E-state index is -4.38. The molecule has 0 unspecified atom stereocenters. The van der Waals surface area contributed by atoms with E-state index in [4.69, 9.17) is 9.47 Å². The molecule has 27 heavy (non-hydrogen) atoms. The third-order valence-corrected chi connectivity index (χ3v) is 3.27. The molecule has 0 saturated heterocycles. The maximum atomic E-state index is 12.1. The van der Waals surface area contributed by atoms with Gasteiger partial charge >= 0.3 is 12.1 Å². The maximum Gasteiger partial charge on any atom is 0.411 e. The van der Waals surface area contributed by atoms with Gasteiger partial charge in [0.15, 0.2) is 5.82 Å². The number of rotatable bonds is 9. The number of nitrogens with zero attached hydrogens (tertiary/aromatic N) is 2. The summed E-state index contributed by atoms with van der Waals surface area (Å²) in [7, 11) is 0. The van der Waals surface area contributed by atoms with Crippen LogP contribution in [0.1, 0.15) is 23.0 Å². The molecular formula is C18H19F3N2O4. The lowest BCUT2D eigenvalue weighted by molar-refractivity contribution is -0.176. The van der Waals surface area contributed by atoms with E-state index in [0.717, 1.165) is 5.56 Å². The first-order valence-corrected chi connectivity index (χ1v) is 8.21. The van der Waals surface area contributed by atoms with Crippen LogP contribution in [0.2, 0.25) is 0 Å². The molecule has 146 valence electrons. The van der Waals surface area contributed by atoms with E-state index in [1.54, 1.807) is 6.92 Å². The predicted octanol–water partition coefficient (Wildman–Crippen LogP) is 3.42.